The average molecular weight is 273 g/mol. The third-order valence-electron chi connectivity index (χ3n) is 2.22. The maximum Gasteiger partial charge on any atom is 0.304 e. The molecule has 0 aliphatic carbocycles. The van der Waals surface area contributed by atoms with E-state index in [1.807, 2.05) is 0 Å². The fourth-order valence-corrected chi connectivity index (χ4v) is 2.34. The number of hydrogen-bond acceptors (Lipinski definition) is 4. The topological polar surface area (TPSA) is 80.4 Å². The number of hydrogen-bond donors (Lipinski definition) is 1. The predicted octanol–water partition coefficient (Wildman–Crippen LogP) is 2.83. The van der Waals surface area contributed by atoms with Crippen LogP contribution in [0.15, 0.2) is 18.2 Å². The quantitative estimate of drug-likeness (QED) is 0.636. The van der Waals surface area contributed by atoms with Gasteiger partial charge in [0.05, 0.1) is 11.3 Å². The molecular formula is C11H12FNO4S. The Labute approximate surface area is 107 Å². The van der Waals surface area contributed by atoms with Crippen LogP contribution >= 0.6 is 11.8 Å². The van der Waals surface area contributed by atoms with Crippen LogP contribution in [0.25, 0.3) is 0 Å². The number of nitro groups is 1. The maximum absolute atomic E-state index is 13.0. The summed E-state index contributed by atoms with van der Waals surface area (Å²) in [5.74, 6) is -1.26. The van der Waals surface area contributed by atoms with E-state index in [4.69, 9.17) is 5.11 Å². The first-order chi connectivity index (χ1) is 8.40. The van der Waals surface area contributed by atoms with E-state index < -0.39 is 16.7 Å². The standard InChI is InChI=1S/C11H12FNO4S/c1-7(4-11(14)15)18-6-8-5-9(12)2-3-10(8)13(16)17/h2-3,5,7H,4,6H2,1H3,(H,14,15). The zero-order chi connectivity index (χ0) is 13.7. The molecule has 0 amide bonds. The van der Waals surface area contributed by atoms with Gasteiger partial charge in [-0.25, -0.2) is 4.39 Å². The zero-order valence-electron chi connectivity index (χ0n) is 9.63. The minimum Gasteiger partial charge on any atom is -0.481 e. The molecule has 0 spiro atoms. The fraction of sp³-hybridized carbons (Fsp3) is 0.364. The van der Waals surface area contributed by atoms with Crippen LogP contribution in [0, 0.1) is 15.9 Å². The van der Waals surface area contributed by atoms with Crippen molar-refractivity contribution < 1.29 is 19.2 Å². The second-order valence-electron chi connectivity index (χ2n) is 3.75. The Morgan fingerprint density at radius 3 is 2.83 bits per heavy atom. The van der Waals surface area contributed by atoms with Crippen LogP contribution in [0.1, 0.15) is 18.9 Å². The molecule has 0 aliphatic heterocycles. The van der Waals surface area contributed by atoms with Gasteiger partial charge in [-0.15, -0.1) is 0 Å². The molecular weight excluding hydrogens is 261 g/mol. The largest absolute Gasteiger partial charge is 0.481 e. The van der Waals surface area contributed by atoms with Gasteiger partial charge in [0.25, 0.3) is 5.69 Å². The number of carboxylic acids is 1. The minimum atomic E-state index is -0.927. The number of nitrogens with zero attached hydrogens (tertiary/aromatic N) is 1. The number of benzene rings is 1. The Kier molecular flexibility index (Phi) is 5.08. The summed E-state index contributed by atoms with van der Waals surface area (Å²) in [7, 11) is 0. The van der Waals surface area contributed by atoms with E-state index in [1.54, 1.807) is 6.92 Å². The monoisotopic (exact) mass is 273 g/mol. The molecule has 0 saturated heterocycles. The molecule has 1 atom stereocenters. The number of rotatable bonds is 6. The van der Waals surface area contributed by atoms with Crippen LogP contribution in [0.3, 0.4) is 0 Å². The molecule has 0 bridgehead atoms. The lowest BCUT2D eigenvalue weighted by atomic mass is 10.2. The minimum absolute atomic E-state index is 0.0339. The lowest BCUT2D eigenvalue weighted by molar-refractivity contribution is -0.385. The Hall–Kier alpha value is -1.63. The van der Waals surface area contributed by atoms with Gasteiger partial charge in [0.15, 0.2) is 0 Å². The van der Waals surface area contributed by atoms with E-state index in [0.717, 1.165) is 18.2 Å². The van der Waals surface area contributed by atoms with Crippen LogP contribution < -0.4 is 0 Å². The van der Waals surface area contributed by atoms with E-state index in [1.165, 1.54) is 11.8 Å². The molecule has 0 saturated carbocycles. The highest BCUT2D eigenvalue weighted by atomic mass is 32.2. The Morgan fingerprint density at radius 2 is 2.28 bits per heavy atom. The first kappa shape index (κ1) is 14.4. The third kappa shape index (κ3) is 4.33. The highest BCUT2D eigenvalue weighted by Crippen LogP contribution is 2.27. The van der Waals surface area contributed by atoms with Gasteiger partial charge in [-0.3, -0.25) is 14.9 Å². The number of carboxylic acid groups (broad SMARTS) is 1. The lowest BCUT2D eigenvalue weighted by Crippen LogP contribution is -2.06. The molecule has 0 aliphatic rings. The summed E-state index contributed by atoms with van der Waals surface area (Å²) in [5, 5.41) is 19.1. The van der Waals surface area contributed by atoms with Crippen LogP contribution in [0.5, 0.6) is 0 Å². The number of carbonyl (C=O) groups is 1. The molecule has 1 aromatic carbocycles. The van der Waals surface area contributed by atoms with Gasteiger partial charge in [-0.1, -0.05) is 6.92 Å². The van der Waals surface area contributed by atoms with Gasteiger partial charge in [0, 0.05) is 22.6 Å². The van der Waals surface area contributed by atoms with Crippen molar-refractivity contribution in [3.8, 4) is 0 Å². The predicted molar refractivity (Wildman–Crippen MR) is 66.1 cm³/mol. The molecule has 1 N–H and O–H groups in total. The summed E-state index contributed by atoms with van der Waals surface area (Å²) in [6, 6.07) is 3.26. The van der Waals surface area contributed by atoms with Gasteiger partial charge in [0.2, 0.25) is 0 Å². The van der Waals surface area contributed by atoms with Crippen molar-refractivity contribution in [3.05, 3.63) is 39.7 Å². The van der Waals surface area contributed by atoms with Crippen molar-refractivity contribution >= 4 is 23.4 Å². The smallest absolute Gasteiger partial charge is 0.304 e. The van der Waals surface area contributed by atoms with E-state index in [9.17, 15) is 19.3 Å². The zero-order valence-corrected chi connectivity index (χ0v) is 10.4. The van der Waals surface area contributed by atoms with Gasteiger partial charge in [-0.2, -0.15) is 11.8 Å². The van der Waals surface area contributed by atoms with Crippen molar-refractivity contribution in [2.75, 3.05) is 0 Å². The average Bonchev–Trinajstić information content (AvgIpc) is 2.25. The SMILES string of the molecule is CC(CC(=O)O)SCc1cc(F)ccc1[N+](=O)[O-]. The second-order valence-corrected chi connectivity index (χ2v) is 5.18. The summed E-state index contributed by atoms with van der Waals surface area (Å²) >= 11 is 1.25. The summed E-state index contributed by atoms with van der Waals surface area (Å²) in [6.07, 6.45) is -0.0339. The number of halogens is 1. The van der Waals surface area contributed by atoms with E-state index >= 15 is 0 Å². The number of nitro benzene ring substituents is 1. The molecule has 1 unspecified atom stereocenters. The van der Waals surface area contributed by atoms with Crippen molar-refractivity contribution in [3.63, 3.8) is 0 Å². The van der Waals surface area contributed by atoms with Gasteiger partial charge in [-0.05, 0) is 12.1 Å². The first-order valence-corrected chi connectivity index (χ1v) is 6.21. The molecule has 18 heavy (non-hydrogen) atoms. The summed E-state index contributed by atoms with van der Waals surface area (Å²) in [5.41, 5.74) is 0.119. The van der Waals surface area contributed by atoms with E-state index in [0.29, 0.717) is 0 Å². The van der Waals surface area contributed by atoms with Crippen LogP contribution in [0.2, 0.25) is 0 Å². The molecule has 98 valence electrons. The summed E-state index contributed by atoms with van der Waals surface area (Å²) < 4.78 is 13.0. The Morgan fingerprint density at radius 1 is 1.61 bits per heavy atom. The van der Waals surface area contributed by atoms with E-state index in [2.05, 4.69) is 0 Å². The van der Waals surface area contributed by atoms with Crippen LogP contribution in [-0.4, -0.2) is 21.2 Å². The normalized spacial score (nSPS) is 12.1. The van der Waals surface area contributed by atoms with Gasteiger partial charge >= 0.3 is 5.97 Å². The van der Waals surface area contributed by atoms with E-state index in [-0.39, 0.29) is 28.7 Å². The Bertz CT molecular complexity index is 466. The summed E-state index contributed by atoms with van der Waals surface area (Å²) in [4.78, 5) is 20.6. The fourth-order valence-electron chi connectivity index (χ4n) is 1.38. The van der Waals surface area contributed by atoms with Gasteiger partial charge in [0.1, 0.15) is 5.82 Å². The molecule has 0 radical (unpaired) electrons. The highest BCUT2D eigenvalue weighted by Gasteiger charge is 2.16. The van der Waals surface area contributed by atoms with Crippen molar-refractivity contribution in [1.29, 1.82) is 0 Å². The molecule has 1 rings (SSSR count). The molecule has 0 heterocycles. The molecule has 5 nitrogen and oxygen atoms in total. The first-order valence-electron chi connectivity index (χ1n) is 5.16. The summed E-state index contributed by atoms with van der Waals surface area (Å²) in [6.45, 7) is 1.71. The third-order valence-corrected chi connectivity index (χ3v) is 3.44. The van der Waals surface area contributed by atoms with Crippen LogP contribution in [0.4, 0.5) is 10.1 Å². The van der Waals surface area contributed by atoms with Gasteiger partial charge < -0.3 is 5.11 Å². The maximum atomic E-state index is 13.0. The van der Waals surface area contributed by atoms with Crippen molar-refractivity contribution in [2.45, 2.75) is 24.3 Å². The number of thioether (sulfide) groups is 1. The van der Waals surface area contributed by atoms with Crippen LogP contribution in [-0.2, 0) is 10.5 Å². The second kappa shape index (κ2) is 6.34. The number of aliphatic carboxylic acids is 1. The molecule has 7 heteroatoms. The molecule has 0 aromatic heterocycles. The van der Waals surface area contributed by atoms with Crippen molar-refractivity contribution in [1.82, 2.24) is 0 Å². The Balaban J connectivity index is 2.74. The van der Waals surface area contributed by atoms with Crippen molar-refractivity contribution in [2.24, 2.45) is 0 Å². The molecule has 1 aromatic rings. The lowest BCUT2D eigenvalue weighted by Gasteiger charge is -2.08. The highest BCUT2D eigenvalue weighted by molar-refractivity contribution is 7.99. The molecule has 0 fully saturated rings.